The molecule has 0 amide bonds. The molecule has 124 valence electrons. The highest BCUT2D eigenvalue weighted by Crippen LogP contribution is 2.35. The van der Waals surface area contributed by atoms with E-state index < -0.39 is 10.8 Å². The number of rotatable bonds is 4. The van der Waals surface area contributed by atoms with Gasteiger partial charge in [-0.1, -0.05) is 69.3 Å². The molecule has 0 bridgehead atoms. The molecule has 2 aromatic carbocycles. The average molecular weight is 355 g/mol. The molecule has 0 fully saturated rings. The van der Waals surface area contributed by atoms with Crippen LogP contribution >= 0.6 is 11.3 Å². The largest absolute Gasteiger partial charge is 0.253 e. The van der Waals surface area contributed by atoms with Crippen molar-refractivity contribution < 1.29 is 4.21 Å². The smallest absolute Gasteiger partial charge is 0.0986 e. The summed E-state index contributed by atoms with van der Waals surface area (Å²) in [5.74, 6) is 0. The first-order valence-electron chi connectivity index (χ1n) is 8.06. The third-order valence-corrected chi connectivity index (χ3v) is 6.85. The predicted molar refractivity (Wildman–Crippen MR) is 104 cm³/mol. The number of hydrogen-bond acceptors (Lipinski definition) is 2. The van der Waals surface area contributed by atoms with Gasteiger partial charge in [0.25, 0.3) is 0 Å². The first-order valence-corrected chi connectivity index (χ1v) is 10.2. The quantitative estimate of drug-likeness (QED) is 0.566. The van der Waals surface area contributed by atoms with Gasteiger partial charge in [0, 0.05) is 9.77 Å². The van der Waals surface area contributed by atoms with E-state index >= 15 is 0 Å². The lowest BCUT2D eigenvalue weighted by molar-refractivity contribution is 0.589. The Kier molecular flexibility index (Phi) is 5.02. The van der Waals surface area contributed by atoms with Crippen LogP contribution in [0.4, 0.5) is 0 Å². The molecule has 0 aliphatic rings. The fraction of sp³-hybridized carbons (Fsp3) is 0.238. The second kappa shape index (κ2) is 7.04. The maximum Gasteiger partial charge on any atom is 0.0986 e. The zero-order valence-corrected chi connectivity index (χ0v) is 15.9. The van der Waals surface area contributed by atoms with Crippen molar-refractivity contribution in [1.82, 2.24) is 0 Å². The van der Waals surface area contributed by atoms with Crippen molar-refractivity contribution in [3.63, 3.8) is 0 Å². The molecule has 0 saturated carbocycles. The highest BCUT2D eigenvalue weighted by Gasteiger charge is 2.24. The lowest BCUT2D eigenvalue weighted by Gasteiger charge is -2.20. The van der Waals surface area contributed by atoms with Crippen molar-refractivity contribution in [2.75, 3.05) is 0 Å². The zero-order valence-electron chi connectivity index (χ0n) is 14.2. The van der Waals surface area contributed by atoms with Gasteiger partial charge in [0.1, 0.15) is 0 Å². The molecule has 2 unspecified atom stereocenters. The molecule has 0 saturated heterocycles. The summed E-state index contributed by atoms with van der Waals surface area (Å²) in [5.41, 5.74) is 2.46. The Balaban J connectivity index is 1.98. The van der Waals surface area contributed by atoms with Crippen LogP contribution in [-0.2, 0) is 16.2 Å². The minimum Gasteiger partial charge on any atom is -0.253 e. The van der Waals surface area contributed by atoms with E-state index in [9.17, 15) is 4.21 Å². The maximum absolute atomic E-state index is 13.3. The summed E-state index contributed by atoms with van der Waals surface area (Å²) in [6.07, 6.45) is 0. The van der Waals surface area contributed by atoms with Crippen LogP contribution in [0.5, 0.6) is 0 Å². The van der Waals surface area contributed by atoms with Crippen LogP contribution in [0.3, 0.4) is 0 Å². The summed E-state index contributed by atoms with van der Waals surface area (Å²) in [7, 11) is -1.13. The summed E-state index contributed by atoms with van der Waals surface area (Å²) in [5, 5.41) is 1.93. The molecule has 1 aromatic heterocycles. The van der Waals surface area contributed by atoms with Crippen molar-refractivity contribution in [2.45, 2.75) is 36.3 Å². The van der Waals surface area contributed by atoms with E-state index in [1.807, 2.05) is 41.8 Å². The molecule has 0 aliphatic heterocycles. The molecule has 1 nitrogen and oxygen atoms in total. The minimum atomic E-state index is -1.13. The highest BCUT2D eigenvalue weighted by atomic mass is 32.2. The molecule has 1 heterocycles. The standard InChI is InChI=1S/C21H22OS2/c1-21(2,3)17-11-13-18(14-12-17)24(22)20(19-10-7-15-23-19)16-8-5-4-6-9-16/h4-15,20H,1-3H3. The van der Waals surface area contributed by atoms with Gasteiger partial charge in [-0.15, -0.1) is 11.3 Å². The second-order valence-electron chi connectivity index (χ2n) is 6.88. The Morgan fingerprint density at radius 3 is 2.08 bits per heavy atom. The number of hydrogen-bond donors (Lipinski definition) is 0. The first-order chi connectivity index (χ1) is 11.5. The zero-order chi connectivity index (χ0) is 17.2. The normalized spacial score (nSPS) is 14.3. The third-order valence-electron chi connectivity index (χ3n) is 4.07. The van der Waals surface area contributed by atoms with Crippen molar-refractivity contribution in [3.8, 4) is 0 Å². The third kappa shape index (κ3) is 3.68. The van der Waals surface area contributed by atoms with Crippen LogP contribution in [0.15, 0.2) is 77.0 Å². The van der Waals surface area contributed by atoms with Crippen LogP contribution in [0.2, 0.25) is 0 Å². The maximum atomic E-state index is 13.3. The lowest BCUT2D eigenvalue weighted by atomic mass is 9.87. The SMILES string of the molecule is CC(C)(C)c1ccc(S(=O)C(c2ccccc2)c2cccs2)cc1. The topological polar surface area (TPSA) is 17.1 Å². The molecular formula is C21H22OS2. The Bertz CT molecular complexity index is 797. The summed E-state index contributed by atoms with van der Waals surface area (Å²) >= 11 is 1.66. The molecular weight excluding hydrogens is 332 g/mol. The lowest BCUT2D eigenvalue weighted by Crippen LogP contribution is -2.12. The predicted octanol–water partition coefficient (Wildman–Crippen LogP) is 5.94. The van der Waals surface area contributed by atoms with Gasteiger partial charge in [0.15, 0.2) is 0 Å². The molecule has 0 N–H and O–H groups in total. The fourth-order valence-corrected chi connectivity index (χ4v) is 5.22. The van der Waals surface area contributed by atoms with Gasteiger partial charge in [-0.25, -0.2) is 0 Å². The van der Waals surface area contributed by atoms with Crippen LogP contribution < -0.4 is 0 Å². The van der Waals surface area contributed by atoms with Gasteiger partial charge in [-0.3, -0.25) is 4.21 Å². The summed E-state index contributed by atoms with van der Waals surface area (Å²) in [4.78, 5) is 2.02. The molecule has 0 spiro atoms. The molecule has 3 heteroatoms. The number of thiophene rings is 1. The molecule has 0 aliphatic carbocycles. The Labute approximate surface area is 150 Å². The Morgan fingerprint density at radius 2 is 1.54 bits per heavy atom. The van der Waals surface area contributed by atoms with Crippen LogP contribution in [0.25, 0.3) is 0 Å². The van der Waals surface area contributed by atoms with Gasteiger partial charge in [-0.05, 0) is 40.1 Å². The summed E-state index contributed by atoms with van der Waals surface area (Å²) < 4.78 is 13.3. The van der Waals surface area contributed by atoms with E-state index in [2.05, 4.69) is 51.1 Å². The molecule has 3 rings (SSSR count). The molecule has 0 radical (unpaired) electrons. The van der Waals surface area contributed by atoms with Gasteiger partial charge in [-0.2, -0.15) is 0 Å². The van der Waals surface area contributed by atoms with Crippen molar-refractivity contribution in [2.24, 2.45) is 0 Å². The molecule has 24 heavy (non-hydrogen) atoms. The van der Waals surface area contributed by atoms with E-state index in [1.54, 1.807) is 11.3 Å². The summed E-state index contributed by atoms with van der Waals surface area (Å²) in [6.45, 7) is 6.58. The van der Waals surface area contributed by atoms with E-state index in [1.165, 1.54) is 5.56 Å². The Morgan fingerprint density at radius 1 is 0.875 bits per heavy atom. The fourth-order valence-electron chi connectivity index (χ4n) is 2.69. The van der Waals surface area contributed by atoms with Crippen molar-refractivity contribution >= 4 is 22.1 Å². The van der Waals surface area contributed by atoms with Crippen LogP contribution in [0, 0.1) is 0 Å². The van der Waals surface area contributed by atoms with E-state index in [0.29, 0.717) is 0 Å². The van der Waals surface area contributed by atoms with Crippen LogP contribution in [0.1, 0.15) is 42.0 Å². The van der Waals surface area contributed by atoms with Gasteiger partial charge >= 0.3 is 0 Å². The second-order valence-corrected chi connectivity index (χ2v) is 9.39. The van der Waals surface area contributed by atoms with E-state index in [0.717, 1.165) is 15.3 Å². The summed E-state index contributed by atoms with van der Waals surface area (Å²) in [6, 6.07) is 22.5. The first kappa shape index (κ1) is 17.1. The minimum absolute atomic E-state index is 0.104. The highest BCUT2D eigenvalue weighted by molar-refractivity contribution is 7.85. The molecule has 3 aromatic rings. The van der Waals surface area contributed by atoms with Crippen molar-refractivity contribution in [3.05, 3.63) is 88.1 Å². The van der Waals surface area contributed by atoms with E-state index in [-0.39, 0.29) is 10.7 Å². The monoisotopic (exact) mass is 354 g/mol. The van der Waals surface area contributed by atoms with Gasteiger partial charge < -0.3 is 0 Å². The van der Waals surface area contributed by atoms with Gasteiger partial charge in [0.05, 0.1) is 16.0 Å². The number of benzene rings is 2. The van der Waals surface area contributed by atoms with Crippen LogP contribution in [-0.4, -0.2) is 4.21 Å². The van der Waals surface area contributed by atoms with E-state index in [4.69, 9.17) is 0 Å². The average Bonchev–Trinajstić information content (AvgIpc) is 3.09. The molecule has 2 atom stereocenters. The van der Waals surface area contributed by atoms with Crippen molar-refractivity contribution in [1.29, 1.82) is 0 Å². The van der Waals surface area contributed by atoms with Gasteiger partial charge in [0.2, 0.25) is 0 Å². The Hall–Kier alpha value is -1.71.